The molecule has 0 unspecified atom stereocenters. The Morgan fingerprint density at radius 3 is 2.55 bits per heavy atom. The van der Waals surface area contributed by atoms with Crippen LogP contribution in [0.2, 0.25) is 0 Å². The van der Waals surface area contributed by atoms with Crippen LogP contribution in [0.3, 0.4) is 0 Å². The van der Waals surface area contributed by atoms with E-state index in [-0.39, 0.29) is 5.91 Å². The Morgan fingerprint density at radius 2 is 1.82 bits per heavy atom. The maximum Gasteiger partial charge on any atom is 0.229 e. The second kappa shape index (κ2) is 11.2. The van der Waals surface area contributed by atoms with E-state index in [1.165, 1.54) is 11.3 Å². The predicted octanol–water partition coefficient (Wildman–Crippen LogP) is 5.81. The van der Waals surface area contributed by atoms with Crippen molar-refractivity contribution in [1.29, 1.82) is 0 Å². The summed E-state index contributed by atoms with van der Waals surface area (Å²) in [4.78, 5) is 25.0. The first kappa shape index (κ1) is 23.1. The number of pyridine rings is 1. The SMILES string of the molecule is CCOc1ccc2nc(N(Cc3ccncc3)C(=O)CCSc3ccc(OC)cc3)sc2c1. The van der Waals surface area contributed by atoms with Crippen LogP contribution in [0.5, 0.6) is 11.5 Å². The second-order valence-corrected chi connectivity index (χ2v) is 9.35. The average Bonchev–Trinajstić information content (AvgIpc) is 3.27. The van der Waals surface area contributed by atoms with Gasteiger partial charge in [-0.2, -0.15) is 0 Å². The van der Waals surface area contributed by atoms with Gasteiger partial charge in [-0.1, -0.05) is 11.3 Å². The van der Waals surface area contributed by atoms with Crippen molar-refractivity contribution in [2.24, 2.45) is 0 Å². The number of benzene rings is 2. The maximum atomic E-state index is 13.3. The Morgan fingerprint density at radius 1 is 1.06 bits per heavy atom. The molecule has 0 fully saturated rings. The molecule has 0 saturated heterocycles. The number of anilines is 1. The fraction of sp³-hybridized carbons (Fsp3) is 0.240. The van der Waals surface area contributed by atoms with Crippen LogP contribution in [0.15, 0.2) is 71.9 Å². The number of hydrogen-bond donors (Lipinski definition) is 0. The van der Waals surface area contributed by atoms with Gasteiger partial charge in [-0.05, 0) is 67.1 Å². The summed E-state index contributed by atoms with van der Waals surface area (Å²) in [5.41, 5.74) is 1.87. The van der Waals surface area contributed by atoms with Gasteiger partial charge in [0.1, 0.15) is 11.5 Å². The zero-order valence-electron chi connectivity index (χ0n) is 18.6. The molecule has 2 heterocycles. The van der Waals surface area contributed by atoms with Crippen LogP contribution in [-0.4, -0.2) is 35.3 Å². The second-order valence-electron chi connectivity index (χ2n) is 7.17. The molecule has 8 heteroatoms. The standard InChI is InChI=1S/C25H25N3O3S2/c1-3-31-20-6-9-22-23(16-20)33-25(27-22)28(17-18-10-13-26-14-11-18)24(29)12-15-32-21-7-4-19(30-2)5-8-21/h4-11,13-14,16H,3,12,15,17H2,1-2H3. The lowest BCUT2D eigenvalue weighted by atomic mass is 10.2. The average molecular weight is 480 g/mol. The highest BCUT2D eigenvalue weighted by Crippen LogP contribution is 2.33. The van der Waals surface area contributed by atoms with Crippen LogP contribution in [0.4, 0.5) is 5.13 Å². The molecular formula is C25H25N3O3S2. The van der Waals surface area contributed by atoms with Crippen molar-refractivity contribution < 1.29 is 14.3 Å². The Bertz CT molecular complexity index is 1200. The number of thioether (sulfide) groups is 1. The summed E-state index contributed by atoms with van der Waals surface area (Å²) in [5, 5.41) is 0.690. The highest BCUT2D eigenvalue weighted by Gasteiger charge is 2.20. The van der Waals surface area contributed by atoms with Gasteiger partial charge >= 0.3 is 0 Å². The van der Waals surface area contributed by atoms with Crippen molar-refractivity contribution in [3.8, 4) is 11.5 Å². The molecule has 2 aromatic carbocycles. The van der Waals surface area contributed by atoms with E-state index in [2.05, 4.69) is 4.98 Å². The molecule has 4 rings (SSSR count). The van der Waals surface area contributed by atoms with E-state index < -0.39 is 0 Å². The number of thiazole rings is 1. The minimum absolute atomic E-state index is 0.0388. The monoisotopic (exact) mass is 479 g/mol. The van der Waals surface area contributed by atoms with Gasteiger partial charge in [0.2, 0.25) is 5.91 Å². The van der Waals surface area contributed by atoms with Gasteiger partial charge in [-0.3, -0.25) is 14.7 Å². The molecule has 4 aromatic rings. The molecule has 2 aromatic heterocycles. The molecule has 0 bridgehead atoms. The summed E-state index contributed by atoms with van der Waals surface area (Å²) < 4.78 is 11.8. The molecule has 6 nitrogen and oxygen atoms in total. The number of fused-ring (bicyclic) bond motifs is 1. The minimum Gasteiger partial charge on any atom is -0.497 e. The van der Waals surface area contributed by atoms with Crippen molar-refractivity contribution in [3.63, 3.8) is 0 Å². The molecule has 0 aliphatic heterocycles. The largest absolute Gasteiger partial charge is 0.497 e. The van der Waals surface area contributed by atoms with Crippen LogP contribution in [0.1, 0.15) is 18.9 Å². The molecule has 0 spiro atoms. The van der Waals surface area contributed by atoms with E-state index in [1.54, 1.807) is 36.2 Å². The molecule has 0 aliphatic rings. The minimum atomic E-state index is 0.0388. The third-order valence-electron chi connectivity index (χ3n) is 4.93. The lowest BCUT2D eigenvalue weighted by molar-refractivity contribution is -0.118. The van der Waals surface area contributed by atoms with Crippen molar-refractivity contribution in [2.75, 3.05) is 24.4 Å². The first-order chi connectivity index (χ1) is 16.2. The van der Waals surface area contributed by atoms with Gasteiger partial charge in [-0.25, -0.2) is 4.98 Å². The number of methoxy groups -OCH3 is 1. The molecule has 0 atom stereocenters. The Labute approximate surface area is 201 Å². The first-order valence-corrected chi connectivity index (χ1v) is 12.5. The first-order valence-electron chi connectivity index (χ1n) is 10.7. The molecule has 0 N–H and O–H groups in total. The Balaban J connectivity index is 1.51. The number of nitrogens with zero attached hydrogens (tertiary/aromatic N) is 3. The lowest BCUT2D eigenvalue weighted by Crippen LogP contribution is -2.30. The molecule has 33 heavy (non-hydrogen) atoms. The molecule has 170 valence electrons. The van der Waals surface area contributed by atoms with Crippen LogP contribution in [-0.2, 0) is 11.3 Å². The highest BCUT2D eigenvalue weighted by atomic mass is 32.2. The number of rotatable bonds is 10. The van der Waals surface area contributed by atoms with Crippen LogP contribution in [0, 0.1) is 0 Å². The maximum absolute atomic E-state index is 13.3. The van der Waals surface area contributed by atoms with E-state index in [0.29, 0.717) is 30.5 Å². The summed E-state index contributed by atoms with van der Waals surface area (Å²) in [5.74, 6) is 2.35. The normalized spacial score (nSPS) is 10.8. The topological polar surface area (TPSA) is 64.5 Å². The number of ether oxygens (including phenoxy) is 2. The molecule has 0 radical (unpaired) electrons. The summed E-state index contributed by atoms with van der Waals surface area (Å²) in [7, 11) is 1.65. The Kier molecular flexibility index (Phi) is 7.80. The van der Waals surface area contributed by atoms with Crippen LogP contribution in [0.25, 0.3) is 10.2 Å². The fourth-order valence-corrected chi connectivity index (χ4v) is 5.11. The van der Waals surface area contributed by atoms with Crippen molar-refractivity contribution >= 4 is 44.4 Å². The quantitative estimate of drug-likeness (QED) is 0.267. The van der Waals surface area contributed by atoms with Crippen LogP contribution < -0.4 is 14.4 Å². The van der Waals surface area contributed by atoms with E-state index in [4.69, 9.17) is 14.5 Å². The van der Waals surface area contributed by atoms with Crippen molar-refractivity contribution in [2.45, 2.75) is 24.8 Å². The zero-order chi connectivity index (χ0) is 23.0. The van der Waals surface area contributed by atoms with E-state index in [1.807, 2.05) is 61.5 Å². The Hall–Kier alpha value is -3.10. The molecule has 0 aliphatic carbocycles. The smallest absolute Gasteiger partial charge is 0.229 e. The van der Waals surface area contributed by atoms with Gasteiger partial charge < -0.3 is 9.47 Å². The number of carbonyl (C=O) groups excluding carboxylic acids is 1. The van der Waals surface area contributed by atoms with Crippen LogP contribution >= 0.6 is 23.1 Å². The number of aromatic nitrogens is 2. The van der Waals surface area contributed by atoms with E-state index >= 15 is 0 Å². The molecule has 1 amide bonds. The van der Waals surface area contributed by atoms with Gasteiger partial charge in [0.25, 0.3) is 0 Å². The molecular weight excluding hydrogens is 454 g/mol. The number of hydrogen-bond acceptors (Lipinski definition) is 7. The summed E-state index contributed by atoms with van der Waals surface area (Å²) in [6, 6.07) is 17.5. The van der Waals surface area contributed by atoms with E-state index in [9.17, 15) is 4.79 Å². The number of amides is 1. The van der Waals surface area contributed by atoms with Gasteiger partial charge in [0, 0.05) is 29.5 Å². The predicted molar refractivity (Wildman–Crippen MR) is 135 cm³/mol. The highest BCUT2D eigenvalue weighted by molar-refractivity contribution is 7.99. The molecule has 0 saturated carbocycles. The summed E-state index contributed by atoms with van der Waals surface area (Å²) in [6.07, 6.45) is 3.89. The van der Waals surface area contributed by atoms with Crippen molar-refractivity contribution in [3.05, 3.63) is 72.6 Å². The third kappa shape index (κ3) is 6.03. The van der Waals surface area contributed by atoms with Gasteiger partial charge in [0.15, 0.2) is 5.13 Å². The third-order valence-corrected chi connectivity index (χ3v) is 6.98. The zero-order valence-corrected chi connectivity index (χ0v) is 20.2. The van der Waals surface area contributed by atoms with E-state index in [0.717, 1.165) is 32.2 Å². The fourth-order valence-electron chi connectivity index (χ4n) is 3.26. The number of carbonyl (C=O) groups is 1. The van der Waals surface area contributed by atoms with Gasteiger partial charge in [-0.15, -0.1) is 11.8 Å². The van der Waals surface area contributed by atoms with Crippen molar-refractivity contribution in [1.82, 2.24) is 9.97 Å². The lowest BCUT2D eigenvalue weighted by Gasteiger charge is -2.20. The van der Waals surface area contributed by atoms with Gasteiger partial charge in [0.05, 0.1) is 30.5 Å². The summed E-state index contributed by atoms with van der Waals surface area (Å²) in [6.45, 7) is 3.02. The summed E-state index contributed by atoms with van der Waals surface area (Å²) >= 11 is 3.16.